The van der Waals surface area contributed by atoms with Crippen molar-refractivity contribution in [1.82, 2.24) is 5.32 Å². The Hall–Kier alpha value is -1.78. The van der Waals surface area contributed by atoms with Crippen molar-refractivity contribution in [2.45, 2.75) is 32.2 Å². The summed E-state index contributed by atoms with van der Waals surface area (Å²) >= 11 is 0. The van der Waals surface area contributed by atoms with Gasteiger partial charge in [-0.2, -0.15) is 0 Å². The molecule has 3 rings (SSSR count). The highest BCUT2D eigenvalue weighted by Gasteiger charge is 2.54. The van der Waals surface area contributed by atoms with Crippen LogP contribution in [0, 0.1) is 5.82 Å². The van der Waals surface area contributed by atoms with E-state index in [1.54, 1.807) is 13.0 Å². The number of amides is 1. The lowest BCUT2D eigenvalue weighted by Gasteiger charge is -2.15. The van der Waals surface area contributed by atoms with E-state index in [4.69, 9.17) is 9.47 Å². The van der Waals surface area contributed by atoms with E-state index in [-0.39, 0.29) is 22.8 Å². The number of ether oxygens (including phenoxy) is 2. The van der Waals surface area contributed by atoms with Crippen LogP contribution in [0.3, 0.4) is 0 Å². The van der Waals surface area contributed by atoms with Crippen LogP contribution in [0.15, 0.2) is 6.07 Å². The Labute approximate surface area is 110 Å². The summed E-state index contributed by atoms with van der Waals surface area (Å²) in [7, 11) is 0. The quantitative estimate of drug-likeness (QED) is 0.909. The Morgan fingerprint density at radius 1 is 1.32 bits per heavy atom. The van der Waals surface area contributed by atoms with E-state index < -0.39 is 5.82 Å². The van der Waals surface area contributed by atoms with Crippen LogP contribution >= 0.6 is 0 Å². The molecule has 1 N–H and O–H groups in total. The molecule has 4 nitrogen and oxygen atoms in total. The molecule has 1 amide bonds. The molecular weight excluding hydrogens is 249 g/mol. The number of halogens is 1. The molecular formula is C14H16FNO3. The van der Waals surface area contributed by atoms with Crippen LogP contribution in [-0.2, 0) is 5.54 Å². The number of rotatable bonds is 4. The molecule has 0 saturated heterocycles. The second-order valence-corrected chi connectivity index (χ2v) is 4.84. The van der Waals surface area contributed by atoms with Crippen LogP contribution in [0.4, 0.5) is 4.39 Å². The van der Waals surface area contributed by atoms with Crippen LogP contribution in [-0.4, -0.2) is 19.1 Å². The summed E-state index contributed by atoms with van der Waals surface area (Å²) in [5.41, 5.74) is 0.468. The van der Waals surface area contributed by atoms with E-state index in [0.29, 0.717) is 24.5 Å². The van der Waals surface area contributed by atoms with Gasteiger partial charge in [0.1, 0.15) is 0 Å². The molecule has 1 spiro atoms. The van der Waals surface area contributed by atoms with Gasteiger partial charge in [0, 0.05) is 0 Å². The average Bonchev–Trinajstić information content (AvgIpc) is 3.07. The molecule has 1 aromatic rings. The van der Waals surface area contributed by atoms with Crippen molar-refractivity contribution in [3.63, 3.8) is 0 Å². The van der Waals surface area contributed by atoms with Gasteiger partial charge in [-0.3, -0.25) is 4.79 Å². The lowest BCUT2D eigenvalue weighted by Crippen LogP contribution is -2.25. The highest BCUT2D eigenvalue weighted by Crippen LogP contribution is 2.53. The third-order valence-electron chi connectivity index (χ3n) is 3.62. The number of benzene rings is 1. The molecule has 2 aliphatic rings. The summed E-state index contributed by atoms with van der Waals surface area (Å²) in [5, 5.41) is 2.86. The molecule has 1 aliphatic carbocycles. The van der Waals surface area contributed by atoms with Crippen molar-refractivity contribution >= 4 is 5.91 Å². The van der Waals surface area contributed by atoms with E-state index >= 15 is 0 Å². The number of fused-ring (bicyclic) bond motifs is 2. The van der Waals surface area contributed by atoms with Crippen LogP contribution in [0.5, 0.6) is 11.5 Å². The smallest absolute Gasteiger partial charge is 0.255 e. The lowest BCUT2D eigenvalue weighted by atomic mass is 10.0. The molecule has 0 atom stereocenters. The number of carbonyl (C=O) groups is 1. The predicted molar refractivity (Wildman–Crippen MR) is 67.1 cm³/mol. The second-order valence-electron chi connectivity index (χ2n) is 4.84. The summed E-state index contributed by atoms with van der Waals surface area (Å²) < 4.78 is 25.3. The van der Waals surface area contributed by atoms with E-state index in [9.17, 15) is 9.18 Å². The van der Waals surface area contributed by atoms with Crippen molar-refractivity contribution < 1.29 is 18.7 Å². The Kier molecular flexibility index (Phi) is 2.66. The summed E-state index contributed by atoms with van der Waals surface area (Å²) in [5.74, 6) is -0.544. The SMILES string of the molecule is CCOc1cc2c(c(F)c1OCC)C(=O)NC21CC1. The van der Waals surface area contributed by atoms with Crippen LogP contribution in [0.25, 0.3) is 0 Å². The molecule has 0 bridgehead atoms. The van der Waals surface area contributed by atoms with Crippen molar-refractivity contribution in [3.05, 3.63) is 23.0 Å². The minimum Gasteiger partial charge on any atom is -0.490 e. The molecule has 1 aromatic carbocycles. The van der Waals surface area contributed by atoms with Gasteiger partial charge in [0.25, 0.3) is 5.91 Å². The molecule has 1 aliphatic heterocycles. The number of hydrogen-bond donors (Lipinski definition) is 1. The van der Waals surface area contributed by atoms with E-state index in [0.717, 1.165) is 12.8 Å². The molecule has 0 unspecified atom stereocenters. The molecule has 1 saturated carbocycles. The molecule has 0 aromatic heterocycles. The van der Waals surface area contributed by atoms with E-state index in [1.807, 2.05) is 6.92 Å². The van der Waals surface area contributed by atoms with E-state index in [1.165, 1.54) is 0 Å². The number of carbonyl (C=O) groups excluding carboxylic acids is 1. The van der Waals surface area contributed by atoms with Crippen molar-refractivity contribution in [3.8, 4) is 11.5 Å². The highest BCUT2D eigenvalue weighted by atomic mass is 19.1. The zero-order valence-corrected chi connectivity index (χ0v) is 11.0. The summed E-state index contributed by atoms with van der Waals surface area (Å²) in [6.07, 6.45) is 1.70. The van der Waals surface area contributed by atoms with Gasteiger partial charge in [-0.15, -0.1) is 0 Å². The topological polar surface area (TPSA) is 47.6 Å². The maximum atomic E-state index is 14.5. The Morgan fingerprint density at radius 3 is 2.58 bits per heavy atom. The fraction of sp³-hybridized carbons (Fsp3) is 0.500. The van der Waals surface area contributed by atoms with Crippen LogP contribution in [0.2, 0.25) is 0 Å². The van der Waals surface area contributed by atoms with Gasteiger partial charge < -0.3 is 14.8 Å². The standard InChI is InChI=1S/C14H16FNO3/c1-3-18-9-7-8-10(11(15)12(9)19-4-2)13(17)16-14(8)5-6-14/h7H,3-6H2,1-2H3,(H,16,17). The molecule has 0 radical (unpaired) electrons. The molecule has 1 fully saturated rings. The van der Waals surface area contributed by atoms with Crippen molar-refractivity contribution in [2.24, 2.45) is 0 Å². The molecule has 102 valence electrons. The van der Waals surface area contributed by atoms with Gasteiger partial charge in [0.05, 0.1) is 24.3 Å². The Bertz CT molecular complexity index is 552. The third-order valence-corrected chi connectivity index (χ3v) is 3.62. The zero-order chi connectivity index (χ0) is 13.6. The van der Waals surface area contributed by atoms with Crippen LogP contribution in [0.1, 0.15) is 42.6 Å². The maximum absolute atomic E-state index is 14.5. The maximum Gasteiger partial charge on any atom is 0.255 e. The first-order valence-corrected chi connectivity index (χ1v) is 6.58. The normalized spacial score (nSPS) is 18.2. The Morgan fingerprint density at radius 2 is 2.00 bits per heavy atom. The van der Waals surface area contributed by atoms with Gasteiger partial charge in [0.15, 0.2) is 17.3 Å². The minimum absolute atomic E-state index is 0.0379. The fourth-order valence-electron chi connectivity index (χ4n) is 2.62. The zero-order valence-electron chi connectivity index (χ0n) is 11.0. The van der Waals surface area contributed by atoms with Gasteiger partial charge in [-0.25, -0.2) is 4.39 Å². The van der Waals surface area contributed by atoms with Gasteiger partial charge in [-0.05, 0) is 38.3 Å². The van der Waals surface area contributed by atoms with Crippen LogP contribution < -0.4 is 14.8 Å². The first-order valence-electron chi connectivity index (χ1n) is 6.58. The van der Waals surface area contributed by atoms with Crippen molar-refractivity contribution in [1.29, 1.82) is 0 Å². The van der Waals surface area contributed by atoms with Gasteiger partial charge >= 0.3 is 0 Å². The average molecular weight is 265 g/mol. The largest absolute Gasteiger partial charge is 0.490 e. The molecule has 1 heterocycles. The summed E-state index contributed by atoms with van der Waals surface area (Å²) in [4.78, 5) is 11.9. The fourth-order valence-corrected chi connectivity index (χ4v) is 2.62. The van der Waals surface area contributed by atoms with E-state index in [2.05, 4.69) is 5.32 Å². The first kappa shape index (κ1) is 12.3. The first-order chi connectivity index (χ1) is 9.13. The van der Waals surface area contributed by atoms with Gasteiger partial charge in [-0.1, -0.05) is 0 Å². The van der Waals surface area contributed by atoms with Crippen molar-refractivity contribution in [2.75, 3.05) is 13.2 Å². The predicted octanol–water partition coefficient (Wildman–Crippen LogP) is 2.36. The van der Waals surface area contributed by atoms with Gasteiger partial charge in [0.2, 0.25) is 0 Å². The summed E-state index contributed by atoms with van der Waals surface area (Å²) in [6, 6.07) is 1.75. The Balaban J connectivity index is 2.17. The molecule has 19 heavy (non-hydrogen) atoms. The molecule has 5 heteroatoms. The number of nitrogens with one attached hydrogen (secondary N) is 1. The minimum atomic E-state index is -0.607. The monoisotopic (exact) mass is 265 g/mol. The number of hydrogen-bond acceptors (Lipinski definition) is 3. The third kappa shape index (κ3) is 1.68. The second kappa shape index (κ2) is 4.11. The summed E-state index contributed by atoms with van der Waals surface area (Å²) in [6.45, 7) is 4.34. The highest BCUT2D eigenvalue weighted by molar-refractivity contribution is 6.01. The lowest BCUT2D eigenvalue weighted by molar-refractivity contribution is 0.0948.